The highest BCUT2D eigenvalue weighted by atomic mass is 79.9. The Morgan fingerprint density at radius 3 is 2.27 bits per heavy atom. The summed E-state index contributed by atoms with van der Waals surface area (Å²) in [6.07, 6.45) is 1.82. The molecule has 1 atom stereocenters. The molecule has 1 aliphatic heterocycles. The van der Waals surface area contributed by atoms with Crippen LogP contribution in [-0.4, -0.2) is 56.8 Å². The first kappa shape index (κ1) is 13.4. The van der Waals surface area contributed by atoms with E-state index in [0.29, 0.717) is 13.1 Å². The molecule has 15 heavy (non-hydrogen) atoms. The number of halogens is 1. The maximum absolute atomic E-state index is 11.7. The van der Waals surface area contributed by atoms with Gasteiger partial charge in [-0.05, 0) is 6.42 Å². The highest BCUT2D eigenvalue weighted by Crippen LogP contribution is 2.19. The average molecular weight is 320 g/mol. The predicted molar refractivity (Wildman–Crippen MR) is 62.4 cm³/mol. The third kappa shape index (κ3) is 4.38. The number of nitrogens with zero attached hydrogens (tertiary/aromatic N) is 1. The third-order valence-electron chi connectivity index (χ3n) is 2.20. The normalized spacial score (nSPS) is 24.5. The molecule has 1 unspecified atom stereocenters. The van der Waals surface area contributed by atoms with E-state index in [1.165, 1.54) is 4.31 Å². The van der Waals surface area contributed by atoms with Crippen LogP contribution in [-0.2, 0) is 19.9 Å². The maximum Gasteiger partial charge on any atom is 0.215 e. The largest absolute Gasteiger partial charge is 0.229 e. The van der Waals surface area contributed by atoms with Crippen LogP contribution in [0, 0.1) is 0 Å². The quantitative estimate of drug-likeness (QED) is 0.674. The van der Waals surface area contributed by atoms with Gasteiger partial charge in [0, 0.05) is 24.2 Å². The fraction of sp³-hybridized carbons (Fsp3) is 1.00. The third-order valence-corrected chi connectivity index (χ3v) is 5.99. The van der Waals surface area contributed by atoms with Gasteiger partial charge in [-0.15, -0.1) is 0 Å². The van der Waals surface area contributed by atoms with E-state index in [0.717, 1.165) is 12.7 Å². The molecule has 0 saturated carbocycles. The average Bonchev–Trinajstić information content (AvgIpc) is 2.48. The smallest absolute Gasteiger partial charge is 0.215 e. The van der Waals surface area contributed by atoms with Crippen LogP contribution >= 0.6 is 15.9 Å². The molecule has 0 N–H and O–H groups in total. The summed E-state index contributed by atoms with van der Waals surface area (Å²) in [5, 5.41) is 0. The van der Waals surface area contributed by atoms with Gasteiger partial charge in [0.05, 0.1) is 11.5 Å². The van der Waals surface area contributed by atoms with Gasteiger partial charge in [0.2, 0.25) is 10.0 Å². The lowest BCUT2D eigenvalue weighted by atomic mass is 10.4. The van der Waals surface area contributed by atoms with E-state index >= 15 is 0 Å². The van der Waals surface area contributed by atoms with Crippen molar-refractivity contribution in [3.63, 3.8) is 0 Å². The van der Waals surface area contributed by atoms with Gasteiger partial charge in [0.25, 0.3) is 0 Å². The first-order chi connectivity index (χ1) is 6.71. The Morgan fingerprint density at radius 2 is 1.87 bits per heavy atom. The molecule has 1 fully saturated rings. The van der Waals surface area contributed by atoms with Crippen LogP contribution in [0.2, 0.25) is 0 Å². The summed E-state index contributed by atoms with van der Waals surface area (Å²) in [7, 11) is -6.62. The lowest BCUT2D eigenvalue weighted by Gasteiger charge is -2.14. The molecule has 1 heterocycles. The zero-order chi connectivity index (χ0) is 11.7. The molecule has 0 spiro atoms. The van der Waals surface area contributed by atoms with E-state index in [-0.39, 0.29) is 16.3 Å². The SMILES string of the molecule is CS(=O)(=O)CCS(=O)(=O)N1CCC(Br)C1. The molecule has 5 nitrogen and oxygen atoms in total. The lowest BCUT2D eigenvalue weighted by Crippen LogP contribution is -2.33. The predicted octanol–water partition coefficient (Wildman–Crippen LogP) is -0.170. The second-order valence-electron chi connectivity index (χ2n) is 3.69. The van der Waals surface area contributed by atoms with E-state index in [9.17, 15) is 16.8 Å². The van der Waals surface area contributed by atoms with Crippen LogP contribution in [0.25, 0.3) is 0 Å². The Kier molecular flexibility index (Phi) is 4.19. The molecule has 1 aliphatic rings. The fourth-order valence-electron chi connectivity index (χ4n) is 1.33. The van der Waals surface area contributed by atoms with E-state index in [2.05, 4.69) is 15.9 Å². The number of sulfonamides is 1. The zero-order valence-electron chi connectivity index (χ0n) is 8.39. The monoisotopic (exact) mass is 319 g/mol. The van der Waals surface area contributed by atoms with Gasteiger partial charge in [-0.3, -0.25) is 0 Å². The van der Waals surface area contributed by atoms with Crippen molar-refractivity contribution in [2.24, 2.45) is 0 Å². The van der Waals surface area contributed by atoms with Crippen LogP contribution in [0.4, 0.5) is 0 Å². The molecular weight excluding hydrogens is 306 g/mol. The second kappa shape index (κ2) is 4.68. The molecule has 1 rings (SSSR count). The summed E-state index contributed by atoms with van der Waals surface area (Å²) in [4.78, 5) is 0.186. The Bertz CT molecular complexity index is 416. The van der Waals surface area contributed by atoms with E-state index in [1.54, 1.807) is 0 Å². The number of hydrogen-bond acceptors (Lipinski definition) is 4. The first-order valence-electron chi connectivity index (χ1n) is 4.50. The van der Waals surface area contributed by atoms with Crippen molar-refractivity contribution in [1.82, 2.24) is 4.31 Å². The van der Waals surface area contributed by atoms with Crippen molar-refractivity contribution in [1.29, 1.82) is 0 Å². The number of rotatable bonds is 4. The van der Waals surface area contributed by atoms with Crippen LogP contribution in [0.3, 0.4) is 0 Å². The molecule has 0 radical (unpaired) electrons. The van der Waals surface area contributed by atoms with E-state index in [1.807, 2.05) is 0 Å². The van der Waals surface area contributed by atoms with Crippen molar-refractivity contribution in [2.45, 2.75) is 11.2 Å². The summed E-state index contributed by atoms with van der Waals surface area (Å²) in [6, 6.07) is 0. The van der Waals surface area contributed by atoms with Crippen molar-refractivity contribution >= 4 is 35.8 Å². The highest BCUT2D eigenvalue weighted by Gasteiger charge is 2.30. The van der Waals surface area contributed by atoms with Gasteiger partial charge in [-0.25, -0.2) is 21.1 Å². The highest BCUT2D eigenvalue weighted by molar-refractivity contribution is 9.09. The van der Waals surface area contributed by atoms with Crippen molar-refractivity contribution in [3.05, 3.63) is 0 Å². The molecule has 0 aliphatic carbocycles. The summed E-state index contributed by atoms with van der Waals surface area (Å²) in [6.45, 7) is 0.911. The van der Waals surface area contributed by atoms with Gasteiger partial charge < -0.3 is 0 Å². The summed E-state index contributed by atoms with van der Waals surface area (Å²) in [5.74, 6) is -0.621. The van der Waals surface area contributed by atoms with Crippen molar-refractivity contribution in [2.75, 3.05) is 30.9 Å². The van der Waals surface area contributed by atoms with Gasteiger partial charge in [-0.2, -0.15) is 0 Å². The van der Waals surface area contributed by atoms with Crippen LogP contribution in [0.5, 0.6) is 0 Å². The van der Waals surface area contributed by atoms with Gasteiger partial charge in [0.1, 0.15) is 9.84 Å². The van der Waals surface area contributed by atoms with E-state index in [4.69, 9.17) is 0 Å². The van der Waals surface area contributed by atoms with Gasteiger partial charge in [0.15, 0.2) is 0 Å². The summed E-state index contributed by atoms with van der Waals surface area (Å²) in [5.41, 5.74) is 0. The number of alkyl halides is 1. The van der Waals surface area contributed by atoms with Gasteiger partial charge in [-0.1, -0.05) is 15.9 Å². The number of hydrogen-bond donors (Lipinski definition) is 0. The second-order valence-corrected chi connectivity index (χ2v) is 9.33. The van der Waals surface area contributed by atoms with Crippen LogP contribution in [0.1, 0.15) is 6.42 Å². The summed E-state index contributed by atoms with van der Waals surface area (Å²) < 4.78 is 46.4. The molecule has 0 aromatic heterocycles. The van der Waals surface area contributed by atoms with Gasteiger partial charge >= 0.3 is 0 Å². The molecule has 8 heteroatoms. The Hall–Kier alpha value is 0.340. The molecule has 0 amide bonds. The summed E-state index contributed by atoms with van der Waals surface area (Å²) >= 11 is 3.34. The molecule has 1 saturated heterocycles. The lowest BCUT2D eigenvalue weighted by molar-refractivity contribution is 0.479. The topological polar surface area (TPSA) is 71.5 Å². The van der Waals surface area contributed by atoms with Crippen LogP contribution < -0.4 is 0 Å². The van der Waals surface area contributed by atoms with Crippen molar-refractivity contribution in [3.8, 4) is 0 Å². The minimum atomic E-state index is -3.40. The maximum atomic E-state index is 11.7. The Balaban J connectivity index is 2.60. The molecular formula is C7H14BrNO4S2. The Labute approximate surface area is 98.9 Å². The fourth-order valence-corrected chi connectivity index (χ4v) is 5.17. The number of sulfone groups is 1. The minimum absolute atomic E-state index is 0.186. The molecule has 90 valence electrons. The Morgan fingerprint density at radius 1 is 1.27 bits per heavy atom. The van der Waals surface area contributed by atoms with E-state index < -0.39 is 19.9 Å². The molecule has 0 aromatic carbocycles. The zero-order valence-corrected chi connectivity index (χ0v) is 11.6. The standard InChI is InChI=1S/C7H14BrNO4S2/c1-14(10,11)4-5-15(12,13)9-3-2-7(8)6-9/h7H,2-6H2,1H3. The van der Waals surface area contributed by atoms with Crippen LogP contribution in [0.15, 0.2) is 0 Å². The van der Waals surface area contributed by atoms with Crippen molar-refractivity contribution < 1.29 is 16.8 Å². The molecule has 0 bridgehead atoms. The molecule has 0 aromatic rings. The minimum Gasteiger partial charge on any atom is -0.229 e. The first-order valence-corrected chi connectivity index (χ1v) is 9.09.